The van der Waals surface area contributed by atoms with E-state index in [-0.39, 0.29) is 42.1 Å². The standard InChI is InChI=1S/C27H54O4S.Na/c1-3-5-7-9-10-11-12-13-14-15-16-17-18-19-20-21-23-25-27(24-22-8-6-4-2)26-31-32(28,29)30;/h22,24,27H,3-21,23,25-26H2,1-2H3,(H,28,29,30);/q;+1/p-1/b24-22+;. The van der Waals surface area contributed by atoms with Crippen molar-refractivity contribution in [3.63, 3.8) is 0 Å². The zero-order valence-corrected chi connectivity index (χ0v) is 25.1. The molecule has 1 atom stereocenters. The van der Waals surface area contributed by atoms with Crippen molar-refractivity contribution < 1.29 is 46.7 Å². The van der Waals surface area contributed by atoms with E-state index in [0.29, 0.717) is 0 Å². The van der Waals surface area contributed by atoms with E-state index in [4.69, 9.17) is 0 Å². The van der Waals surface area contributed by atoms with Gasteiger partial charge in [0.1, 0.15) is 0 Å². The van der Waals surface area contributed by atoms with E-state index in [1.54, 1.807) is 0 Å². The molecule has 33 heavy (non-hydrogen) atoms. The van der Waals surface area contributed by atoms with Crippen molar-refractivity contribution in [2.45, 2.75) is 149 Å². The molecule has 0 aromatic rings. The molecule has 0 aliphatic heterocycles. The first-order valence-corrected chi connectivity index (χ1v) is 15.1. The molecule has 4 nitrogen and oxygen atoms in total. The molecule has 0 bridgehead atoms. The van der Waals surface area contributed by atoms with Gasteiger partial charge >= 0.3 is 29.6 Å². The zero-order valence-electron chi connectivity index (χ0n) is 22.3. The molecule has 0 saturated carbocycles. The van der Waals surface area contributed by atoms with Crippen LogP contribution in [0.15, 0.2) is 12.2 Å². The van der Waals surface area contributed by atoms with E-state index in [1.807, 2.05) is 6.08 Å². The maximum Gasteiger partial charge on any atom is 1.00 e. The van der Waals surface area contributed by atoms with Crippen molar-refractivity contribution in [3.05, 3.63) is 12.2 Å². The molecule has 0 aromatic carbocycles. The van der Waals surface area contributed by atoms with Gasteiger partial charge in [0, 0.05) is 5.92 Å². The van der Waals surface area contributed by atoms with Crippen molar-refractivity contribution in [2.24, 2.45) is 5.92 Å². The molecule has 0 aliphatic rings. The quantitative estimate of drug-likeness (QED) is 0.0521. The summed E-state index contributed by atoms with van der Waals surface area (Å²) in [6, 6.07) is 0. The van der Waals surface area contributed by atoms with Gasteiger partial charge < -0.3 is 4.55 Å². The Hall–Kier alpha value is 0.610. The second-order valence-electron chi connectivity index (χ2n) is 9.47. The van der Waals surface area contributed by atoms with Crippen LogP contribution in [0, 0.1) is 5.92 Å². The largest absolute Gasteiger partial charge is 1.00 e. The predicted octanol–water partition coefficient (Wildman–Crippen LogP) is 5.87. The maximum atomic E-state index is 10.7. The summed E-state index contributed by atoms with van der Waals surface area (Å²) in [5.41, 5.74) is 0. The number of hydrogen-bond donors (Lipinski definition) is 0. The Morgan fingerprint density at radius 3 is 1.45 bits per heavy atom. The normalized spacial score (nSPS) is 12.8. The van der Waals surface area contributed by atoms with E-state index in [2.05, 4.69) is 24.1 Å². The van der Waals surface area contributed by atoms with E-state index >= 15 is 0 Å². The Morgan fingerprint density at radius 1 is 0.667 bits per heavy atom. The maximum absolute atomic E-state index is 10.7. The van der Waals surface area contributed by atoms with Crippen molar-refractivity contribution in [1.82, 2.24) is 0 Å². The average molecular weight is 497 g/mol. The van der Waals surface area contributed by atoms with Crippen LogP contribution in [0.4, 0.5) is 0 Å². The van der Waals surface area contributed by atoms with Crippen molar-refractivity contribution in [2.75, 3.05) is 6.61 Å². The van der Waals surface area contributed by atoms with Gasteiger partial charge in [-0.1, -0.05) is 148 Å². The van der Waals surface area contributed by atoms with Gasteiger partial charge in [0.2, 0.25) is 10.4 Å². The van der Waals surface area contributed by atoms with E-state index in [0.717, 1.165) is 32.1 Å². The molecule has 0 aromatic heterocycles. The van der Waals surface area contributed by atoms with Crippen LogP contribution in [0.5, 0.6) is 0 Å². The Kier molecular flexibility index (Phi) is 29.5. The molecule has 192 valence electrons. The van der Waals surface area contributed by atoms with E-state index in [9.17, 15) is 13.0 Å². The molecule has 0 N–H and O–H groups in total. The molecule has 0 radical (unpaired) electrons. The van der Waals surface area contributed by atoms with Gasteiger partial charge in [0.05, 0.1) is 6.61 Å². The van der Waals surface area contributed by atoms with Crippen LogP contribution in [0.1, 0.15) is 149 Å². The van der Waals surface area contributed by atoms with Crippen molar-refractivity contribution in [3.8, 4) is 0 Å². The summed E-state index contributed by atoms with van der Waals surface area (Å²) in [5, 5.41) is 0. The minimum absolute atomic E-state index is 0. The molecule has 0 amide bonds. The number of rotatable bonds is 25. The molecule has 0 aliphatic carbocycles. The fraction of sp³-hybridized carbons (Fsp3) is 0.926. The Labute approximate surface area is 229 Å². The summed E-state index contributed by atoms with van der Waals surface area (Å²) < 4.78 is 36.7. The summed E-state index contributed by atoms with van der Waals surface area (Å²) in [5.74, 6) is 0.0203. The van der Waals surface area contributed by atoms with Gasteiger partial charge in [-0.15, -0.1) is 0 Å². The van der Waals surface area contributed by atoms with Crippen LogP contribution in [-0.2, 0) is 14.6 Å². The molecule has 0 rings (SSSR count). The first-order chi connectivity index (χ1) is 15.5. The van der Waals surface area contributed by atoms with Crippen molar-refractivity contribution >= 4 is 10.4 Å². The molecule has 6 heteroatoms. The van der Waals surface area contributed by atoms with Crippen LogP contribution in [0.3, 0.4) is 0 Å². The van der Waals surface area contributed by atoms with Crippen LogP contribution < -0.4 is 29.6 Å². The molecule has 1 unspecified atom stereocenters. The van der Waals surface area contributed by atoms with Gasteiger partial charge in [0.15, 0.2) is 0 Å². The average Bonchev–Trinajstić information content (AvgIpc) is 2.75. The van der Waals surface area contributed by atoms with Crippen LogP contribution in [0.2, 0.25) is 0 Å². The summed E-state index contributed by atoms with van der Waals surface area (Å²) in [7, 11) is -4.60. The predicted molar refractivity (Wildman–Crippen MR) is 137 cm³/mol. The van der Waals surface area contributed by atoms with E-state index in [1.165, 1.54) is 103 Å². The summed E-state index contributed by atoms with van der Waals surface area (Å²) in [6.45, 7) is 4.40. The summed E-state index contributed by atoms with van der Waals surface area (Å²) >= 11 is 0. The minimum atomic E-state index is -4.60. The fourth-order valence-electron chi connectivity index (χ4n) is 4.15. The third-order valence-corrected chi connectivity index (χ3v) is 6.66. The summed E-state index contributed by atoms with van der Waals surface area (Å²) in [4.78, 5) is 0. The minimum Gasteiger partial charge on any atom is -0.726 e. The Balaban J connectivity index is 0. The van der Waals surface area contributed by atoms with Crippen LogP contribution >= 0.6 is 0 Å². The second-order valence-corrected chi connectivity index (χ2v) is 10.5. The zero-order chi connectivity index (χ0) is 23.8. The van der Waals surface area contributed by atoms with Crippen molar-refractivity contribution in [1.29, 1.82) is 0 Å². The topological polar surface area (TPSA) is 66.4 Å². The Bertz CT molecular complexity index is 508. The smallest absolute Gasteiger partial charge is 0.726 e. The van der Waals surface area contributed by atoms with Crippen LogP contribution in [-0.4, -0.2) is 19.6 Å². The van der Waals surface area contributed by atoms with Gasteiger partial charge in [-0.3, -0.25) is 4.18 Å². The molecular weight excluding hydrogens is 443 g/mol. The van der Waals surface area contributed by atoms with E-state index < -0.39 is 10.4 Å². The number of unbranched alkanes of at least 4 members (excludes halogenated alkanes) is 18. The first kappa shape index (κ1) is 35.8. The van der Waals surface area contributed by atoms with Gasteiger partial charge in [-0.05, 0) is 12.8 Å². The monoisotopic (exact) mass is 496 g/mol. The third kappa shape index (κ3) is 30.6. The van der Waals surface area contributed by atoms with Crippen LogP contribution in [0.25, 0.3) is 0 Å². The third-order valence-electron chi connectivity index (χ3n) is 6.24. The van der Waals surface area contributed by atoms with Gasteiger partial charge in [-0.2, -0.15) is 0 Å². The molecule has 0 spiro atoms. The van der Waals surface area contributed by atoms with Gasteiger partial charge in [-0.25, -0.2) is 8.42 Å². The van der Waals surface area contributed by atoms with Gasteiger partial charge in [0.25, 0.3) is 0 Å². The first-order valence-electron chi connectivity index (χ1n) is 13.8. The molecule has 0 heterocycles. The molecular formula is C27H53NaO4S. The second kappa shape index (κ2) is 27.2. The molecule has 0 fully saturated rings. The summed E-state index contributed by atoms with van der Waals surface area (Å²) in [6.07, 6.45) is 31.2. The Morgan fingerprint density at radius 2 is 1.06 bits per heavy atom. The SMILES string of the molecule is CCCC/C=C/C(CCCCCCCCCCCCCCCCCCC)COS(=O)(=O)[O-].[Na+]. The fourth-order valence-corrected chi connectivity index (χ4v) is 4.49. The number of hydrogen-bond acceptors (Lipinski definition) is 4. The number of allylic oxidation sites excluding steroid dienone is 1. The molecule has 0 saturated heterocycles.